The Hall–Kier alpha value is -2.03. The number of nitrogens with one attached hydrogen (secondary N) is 2. The van der Waals surface area contributed by atoms with Gasteiger partial charge in [0.2, 0.25) is 0 Å². The molecule has 2 aromatic heterocycles. The van der Waals surface area contributed by atoms with Crippen LogP contribution >= 0.6 is 0 Å². The van der Waals surface area contributed by atoms with Crippen LogP contribution in [0.3, 0.4) is 0 Å². The summed E-state index contributed by atoms with van der Waals surface area (Å²) in [6, 6.07) is 8.37. The molecular weight excluding hydrogens is 210 g/mol. The number of para-hydroxylation sites is 1. The number of nitrogens with zero attached hydrogens (tertiary/aromatic N) is 1. The van der Waals surface area contributed by atoms with E-state index in [1.165, 1.54) is 16.5 Å². The van der Waals surface area contributed by atoms with E-state index in [0.29, 0.717) is 0 Å². The van der Waals surface area contributed by atoms with E-state index in [-0.39, 0.29) is 0 Å². The van der Waals surface area contributed by atoms with E-state index in [2.05, 4.69) is 46.3 Å². The molecule has 3 heteroatoms. The van der Waals surface area contributed by atoms with Gasteiger partial charge in [0.1, 0.15) is 5.82 Å². The largest absolute Gasteiger partial charge is 0.361 e. The van der Waals surface area contributed by atoms with Crippen LogP contribution in [0.4, 0.5) is 0 Å². The van der Waals surface area contributed by atoms with E-state index < -0.39 is 0 Å². The number of rotatable bonds is 2. The van der Waals surface area contributed by atoms with Crippen LogP contribution in [-0.2, 0) is 6.42 Å². The average Bonchev–Trinajstić information content (AvgIpc) is 2.85. The summed E-state index contributed by atoms with van der Waals surface area (Å²) in [5, 5.41) is 1.28. The van der Waals surface area contributed by atoms with E-state index in [1.54, 1.807) is 0 Å². The fourth-order valence-electron chi connectivity index (χ4n) is 2.29. The Balaban J connectivity index is 2.03. The summed E-state index contributed by atoms with van der Waals surface area (Å²) >= 11 is 0. The molecule has 3 nitrogen and oxygen atoms in total. The normalized spacial score (nSPS) is 11.2. The number of imidazole rings is 1. The molecule has 2 heterocycles. The van der Waals surface area contributed by atoms with Crippen molar-refractivity contribution in [2.75, 3.05) is 0 Å². The van der Waals surface area contributed by atoms with E-state index >= 15 is 0 Å². The fraction of sp³-hybridized carbons (Fsp3) is 0.214. The monoisotopic (exact) mass is 225 g/mol. The second-order valence-corrected chi connectivity index (χ2v) is 4.43. The summed E-state index contributed by atoms with van der Waals surface area (Å²) in [5.41, 5.74) is 4.78. The lowest BCUT2D eigenvalue weighted by Crippen LogP contribution is -1.89. The maximum absolute atomic E-state index is 4.52. The third kappa shape index (κ3) is 1.73. The van der Waals surface area contributed by atoms with Gasteiger partial charge in [-0.15, -0.1) is 0 Å². The van der Waals surface area contributed by atoms with Crippen LogP contribution in [0.25, 0.3) is 10.9 Å². The van der Waals surface area contributed by atoms with E-state index in [9.17, 15) is 0 Å². The van der Waals surface area contributed by atoms with E-state index in [0.717, 1.165) is 23.6 Å². The van der Waals surface area contributed by atoms with Gasteiger partial charge in [0.15, 0.2) is 0 Å². The Labute approximate surface area is 99.9 Å². The molecule has 0 saturated heterocycles. The van der Waals surface area contributed by atoms with Gasteiger partial charge in [0.25, 0.3) is 0 Å². The SMILES string of the molecule is Cc1nc(Cc2c[nH]c3ccccc23)c(C)[nH]1. The minimum Gasteiger partial charge on any atom is -0.361 e. The van der Waals surface area contributed by atoms with Crippen molar-refractivity contribution in [1.82, 2.24) is 15.0 Å². The Kier molecular flexibility index (Phi) is 2.25. The summed E-state index contributed by atoms with van der Waals surface area (Å²) in [6.07, 6.45) is 2.95. The molecule has 0 bridgehead atoms. The van der Waals surface area contributed by atoms with Crippen molar-refractivity contribution in [3.8, 4) is 0 Å². The molecule has 0 aliphatic carbocycles. The first kappa shape index (κ1) is 10.1. The van der Waals surface area contributed by atoms with Gasteiger partial charge in [0.05, 0.1) is 5.69 Å². The molecule has 1 aromatic carbocycles. The quantitative estimate of drug-likeness (QED) is 0.691. The van der Waals surface area contributed by atoms with Crippen LogP contribution in [0.2, 0.25) is 0 Å². The van der Waals surface area contributed by atoms with Gasteiger partial charge in [-0.1, -0.05) is 18.2 Å². The van der Waals surface area contributed by atoms with Crippen molar-refractivity contribution in [3.05, 3.63) is 53.2 Å². The number of aromatic amines is 2. The van der Waals surface area contributed by atoms with Crippen LogP contribution in [0.15, 0.2) is 30.5 Å². The summed E-state index contributed by atoms with van der Waals surface area (Å²) in [5.74, 6) is 0.984. The first-order chi connectivity index (χ1) is 8.24. The highest BCUT2D eigenvalue weighted by molar-refractivity contribution is 5.83. The van der Waals surface area contributed by atoms with Gasteiger partial charge in [-0.2, -0.15) is 0 Å². The molecular formula is C14H15N3. The maximum Gasteiger partial charge on any atom is 0.103 e. The number of aryl methyl sites for hydroxylation is 2. The van der Waals surface area contributed by atoms with Crippen molar-refractivity contribution in [3.63, 3.8) is 0 Å². The van der Waals surface area contributed by atoms with E-state index in [1.807, 2.05) is 13.0 Å². The number of fused-ring (bicyclic) bond motifs is 1. The van der Waals surface area contributed by atoms with Crippen LogP contribution in [0.1, 0.15) is 22.8 Å². The molecule has 0 atom stereocenters. The summed E-state index contributed by atoms with van der Waals surface area (Å²) in [7, 11) is 0. The summed E-state index contributed by atoms with van der Waals surface area (Å²) < 4.78 is 0. The van der Waals surface area contributed by atoms with Gasteiger partial charge >= 0.3 is 0 Å². The number of hydrogen-bond acceptors (Lipinski definition) is 1. The van der Waals surface area contributed by atoms with Crippen LogP contribution in [0, 0.1) is 13.8 Å². The van der Waals surface area contributed by atoms with Crippen LogP contribution < -0.4 is 0 Å². The Morgan fingerprint density at radius 2 is 2.00 bits per heavy atom. The smallest absolute Gasteiger partial charge is 0.103 e. The minimum absolute atomic E-state index is 0.875. The Bertz CT molecular complexity index is 661. The van der Waals surface area contributed by atoms with Crippen LogP contribution in [-0.4, -0.2) is 15.0 Å². The Morgan fingerprint density at radius 1 is 1.18 bits per heavy atom. The predicted molar refractivity (Wildman–Crippen MR) is 69.2 cm³/mol. The zero-order valence-corrected chi connectivity index (χ0v) is 10.0. The topological polar surface area (TPSA) is 44.5 Å². The molecule has 0 aliphatic heterocycles. The third-order valence-electron chi connectivity index (χ3n) is 3.14. The molecule has 3 rings (SSSR count). The third-order valence-corrected chi connectivity index (χ3v) is 3.14. The molecule has 0 fully saturated rings. The molecule has 86 valence electrons. The number of hydrogen-bond donors (Lipinski definition) is 2. The number of aromatic nitrogens is 3. The highest BCUT2D eigenvalue weighted by atomic mass is 14.9. The van der Waals surface area contributed by atoms with E-state index in [4.69, 9.17) is 0 Å². The Morgan fingerprint density at radius 3 is 2.76 bits per heavy atom. The van der Waals surface area contributed by atoms with Crippen molar-refractivity contribution >= 4 is 10.9 Å². The zero-order valence-electron chi connectivity index (χ0n) is 10.0. The number of H-pyrrole nitrogens is 2. The fourth-order valence-corrected chi connectivity index (χ4v) is 2.29. The molecule has 17 heavy (non-hydrogen) atoms. The van der Waals surface area contributed by atoms with Crippen molar-refractivity contribution < 1.29 is 0 Å². The van der Waals surface area contributed by atoms with Gasteiger partial charge in [0, 0.05) is 29.2 Å². The average molecular weight is 225 g/mol. The molecule has 3 aromatic rings. The summed E-state index contributed by atoms with van der Waals surface area (Å²) in [4.78, 5) is 11.1. The van der Waals surface area contributed by atoms with Crippen molar-refractivity contribution in [1.29, 1.82) is 0 Å². The van der Waals surface area contributed by atoms with Gasteiger partial charge in [-0.05, 0) is 25.5 Å². The number of benzene rings is 1. The molecule has 0 aliphatic rings. The summed E-state index contributed by atoms with van der Waals surface area (Å²) in [6.45, 7) is 4.07. The van der Waals surface area contributed by atoms with Crippen molar-refractivity contribution in [2.45, 2.75) is 20.3 Å². The van der Waals surface area contributed by atoms with Gasteiger partial charge in [-0.3, -0.25) is 0 Å². The van der Waals surface area contributed by atoms with Gasteiger partial charge < -0.3 is 9.97 Å². The predicted octanol–water partition coefficient (Wildman–Crippen LogP) is 3.10. The maximum atomic E-state index is 4.52. The zero-order chi connectivity index (χ0) is 11.8. The van der Waals surface area contributed by atoms with Gasteiger partial charge in [-0.25, -0.2) is 4.98 Å². The second-order valence-electron chi connectivity index (χ2n) is 4.43. The standard InChI is InChI=1S/C14H15N3/c1-9-14(17-10(2)16-9)7-11-8-15-13-6-4-3-5-12(11)13/h3-6,8,15H,7H2,1-2H3,(H,16,17). The first-order valence-corrected chi connectivity index (χ1v) is 5.81. The lowest BCUT2D eigenvalue weighted by molar-refractivity contribution is 1.07. The lowest BCUT2D eigenvalue weighted by atomic mass is 10.1. The molecule has 2 N–H and O–H groups in total. The second kappa shape index (κ2) is 3.77. The molecule has 0 unspecified atom stereocenters. The highest BCUT2D eigenvalue weighted by Gasteiger charge is 2.08. The molecule has 0 radical (unpaired) electrons. The molecule has 0 amide bonds. The van der Waals surface area contributed by atoms with Crippen molar-refractivity contribution in [2.24, 2.45) is 0 Å². The molecule has 0 saturated carbocycles. The highest BCUT2D eigenvalue weighted by Crippen LogP contribution is 2.21. The minimum atomic E-state index is 0.875. The molecule has 0 spiro atoms. The first-order valence-electron chi connectivity index (χ1n) is 5.81. The lowest BCUT2D eigenvalue weighted by Gasteiger charge is -1.97. The van der Waals surface area contributed by atoms with Crippen LogP contribution in [0.5, 0.6) is 0 Å².